The van der Waals surface area contributed by atoms with E-state index in [-0.39, 0.29) is 0 Å². The van der Waals surface area contributed by atoms with Crippen LogP contribution in [0.2, 0.25) is 0 Å². The molecule has 0 radical (unpaired) electrons. The van der Waals surface area contributed by atoms with Gasteiger partial charge in [-0.05, 0) is 37.0 Å². The zero-order chi connectivity index (χ0) is 10.3. The summed E-state index contributed by atoms with van der Waals surface area (Å²) in [6.45, 7) is 5.54. The number of anilines is 1. The van der Waals surface area contributed by atoms with Crippen molar-refractivity contribution in [2.45, 2.75) is 32.4 Å². The van der Waals surface area contributed by atoms with Gasteiger partial charge in [0.05, 0.1) is 0 Å². The van der Waals surface area contributed by atoms with Crippen LogP contribution in [0, 0.1) is 6.92 Å². The molecule has 1 N–H and O–H groups in total. The van der Waals surface area contributed by atoms with E-state index in [0.717, 1.165) is 19.1 Å². The molecule has 0 aromatic heterocycles. The summed E-state index contributed by atoms with van der Waals surface area (Å²) >= 11 is 0. The second kappa shape index (κ2) is 3.53. The molecule has 1 aromatic rings. The van der Waals surface area contributed by atoms with Crippen LogP contribution < -0.4 is 10.2 Å². The first-order valence-electron chi connectivity index (χ1n) is 5.92. The number of nitrogens with one attached hydrogen (secondary N) is 1. The standard InChI is InChI=1S/C13H18N2/c1-10-3-2-4-13-12(10)9-14-7-8-15(13)11-5-6-11/h2-4,11,14H,5-9H2,1H3. The van der Waals surface area contributed by atoms with E-state index in [4.69, 9.17) is 0 Å². The molecule has 15 heavy (non-hydrogen) atoms. The third-order valence-electron chi connectivity index (χ3n) is 3.51. The van der Waals surface area contributed by atoms with Crippen molar-refractivity contribution in [1.82, 2.24) is 5.32 Å². The van der Waals surface area contributed by atoms with E-state index in [9.17, 15) is 0 Å². The summed E-state index contributed by atoms with van der Waals surface area (Å²) < 4.78 is 0. The lowest BCUT2D eigenvalue weighted by atomic mass is 10.1. The van der Waals surface area contributed by atoms with E-state index in [1.165, 1.54) is 36.2 Å². The maximum Gasteiger partial charge on any atom is 0.0417 e. The molecule has 1 heterocycles. The molecule has 2 heteroatoms. The highest BCUT2D eigenvalue weighted by atomic mass is 15.2. The molecule has 0 atom stereocenters. The first-order valence-corrected chi connectivity index (χ1v) is 5.92. The van der Waals surface area contributed by atoms with E-state index in [0.29, 0.717) is 0 Å². The fourth-order valence-electron chi connectivity index (χ4n) is 2.48. The monoisotopic (exact) mass is 202 g/mol. The summed E-state index contributed by atoms with van der Waals surface area (Å²) in [5.41, 5.74) is 4.40. The molecule has 0 bridgehead atoms. The molecule has 1 saturated carbocycles. The Labute approximate surface area is 91.3 Å². The first-order chi connectivity index (χ1) is 7.36. The fraction of sp³-hybridized carbons (Fsp3) is 0.538. The number of fused-ring (bicyclic) bond motifs is 1. The molecule has 0 saturated heterocycles. The van der Waals surface area contributed by atoms with Crippen molar-refractivity contribution in [2.75, 3.05) is 18.0 Å². The van der Waals surface area contributed by atoms with Gasteiger partial charge < -0.3 is 10.2 Å². The Kier molecular flexibility index (Phi) is 2.17. The average Bonchev–Trinajstić information content (AvgIpc) is 3.03. The van der Waals surface area contributed by atoms with Crippen LogP contribution in [0.3, 0.4) is 0 Å². The Morgan fingerprint density at radius 1 is 1.33 bits per heavy atom. The second-order valence-electron chi connectivity index (χ2n) is 4.67. The maximum atomic E-state index is 3.52. The molecule has 2 nitrogen and oxygen atoms in total. The highest BCUT2D eigenvalue weighted by molar-refractivity contribution is 5.58. The van der Waals surface area contributed by atoms with Gasteiger partial charge in [0.15, 0.2) is 0 Å². The van der Waals surface area contributed by atoms with Crippen LogP contribution in [0.1, 0.15) is 24.0 Å². The van der Waals surface area contributed by atoms with Gasteiger partial charge in [0.1, 0.15) is 0 Å². The topological polar surface area (TPSA) is 15.3 Å². The van der Waals surface area contributed by atoms with Crippen LogP contribution in [-0.4, -0.2) is 19.1 Å². The lowest BCUT2D eigenvalue weighted by Gasteiger charge is -2.24. The van der Waals surface area contributed by atoms with Crippen LogP contribution in [0.15, 0.2) is 18.2 Å². The van der Waals surface area contributed by atoms with Crippen molar-refractivity contribution in [1.29, 1.82) is 0 Å². The summed E-state index contributed by atoms with van der Waals surface area (Å²) in [5, 5.41) is 3.52. The minimum Gasteiger partial charge on any atom is -0.367 e. The Morgan fingerprint density at radius 2 is 2.20 bits per heavy atom. The van der Waals surface area contributed by atoms with E-state index in [2.05, 4.69) is 35.3 Å². The highest BCUT2D eigenvalue weighted by Gasteiger charge is 2.31. The van der Waals surface area contributed by atoms with Crippen LogP contribution in [0.25, 0.3) is 0 Å². The predicted octanol–water partition coefficient (Wildman–Crippen LogP) is 2.07. The quantitative estimate of drug-likeness (QED) is 0.750. The number of hydrogen-bond donors (Lipinski definition) is 1. The third kappa shape index (κ3) is 1.63. The highest BCUT2D eigenvalue weighted by Crippen LogP contribution is 2.35. The normalized spacial score (nSPS) is 21.0. The Balaban J connectivity index is 2.04. The van der Waals surface area contributed by atoms with Gasteiger partial charge in [-0.1, -0.05) is 12.1 Å². The van der Waals surface area contributed by atoms with Crippen LogP contribution in [0.4, 0.5) is 5.69 Å². The molecule has 1 fully saturated rings. The van der Waals surface area contributed by atoms with E-state index in [1.54, 1.807) is 0 Å². The van der Waals surface area contributed by atoms with Gasteiger partial charge in [0.2, 0.25) is 0 Å². The van der Waals surface area contributed by atoms with Gasteiger partial charge in [0.25, 0.3) is 0 Å². The fourth-order valence-corrected chi connectivity index (χ4v) is 2.48. The molecule has 2 aliphatic rings. The van der Waals surface area contributed by atoms with Gasteiger partial charge in [-0.3, -0.25) is 0 Å². The zero-order valence-electron chi connectivity index (χ0n) is 9.29. The largest absolute Gasteiger partial charge is 0.367 e. The summed E-state index contributed by atoms with van der Waals surface area (Å²) in [6, 6.07) is 7.52. The summed E-state index contributed by atoms with van der Waals surface area (Å²) in [7, 11) is 0. The molecular weight excluding hydrogens is 184 g/mol. The zero-order valence-corrected chi connectivity index (χ0v) is 9.29. The van der Waals surface area contributed by atoms with E-state index < -0.39 is 0 Å². The third-order valence-corrected chi connectivity index (χ3v) is 3.51. The summed E-state index contributed by atoms with van der Waals surface area (Å²) in [5.74, 6) is 0. The summed E-state index contributed by atoms with van der Waals surface area (Å²) in [6.07, 6.45) is 2.76. The van der Waals surface area contributed by atoms with Crippen molar-refractivity contribution < 1.29 is 0 Å². The second-order valence-corrected chi connectivity index (χ2v) is 4.67. The van der Waals surface area contributed by atoms with Gasteiger partial charge in [-0.15, -0.1) is 0 Å². The van der Waals surface area contributed by atoms with Crippen molar-refractivity contribution in [3.05, 3.63) is 29.3 Å². The van der Waals surface area contributed by atoms with Gasteiger partial charge in [-0.25, -0.2) is 0 Å². The Hall–Kier alpha value is -1.02. The lowest BCUT2D eigenvalue weighted by Crippen LogP contribution is -2.30. The summed E-state index contributed by atoms with van der Waals surface area (Å²) in [4.78, 5) is 2.60. The number of rotatable bonds is 1. The molecule has 80 valence electrons. The van der Waals surface area contributed by atoms with Crippen molar-refractivity contribution >= 4 is 5.69 Å². The number of aryl methyl sites for hydroxylation is 1. The first kappa shape index (κ1) is 9.22. The lowest BCUT2D eigenvalue weighted by molar-refractivity contribution is 0.686. The molecule has 0 spiro atoms. The molecule has 3 rings (SSSR count). The smallest absolute Gasteiger partial charge is 0.0417 e. The SMILES string of the molecule is Cc1cccc2c1CNCCN2C1CC1. The minimum absolute atomic E-state index is 0.824. The van der Waals surface area contributed by atoms with Crippen molar-refractivity contribution in [3.63, 3.8) is 0 Å². The molecular formula is C13H18N2. The van der Waals surface area contributed by atoms with Crippen molar-refractivity contribution in [2.24, 2.45) is 0 Å². The van der Waals surface area contributed by atoms with Crippen LogP contribution in [0.5, 0.6) is 0 Å². The number of hydrogen-bond acceptors (Lipinski definition) is 2. The minimum atomic E-state index is 0.824. The number of nitrogens with zero attached hydrogens (tertiary/aromatic N) is 1. The average molecular weight is 202 g/mol. The van der Waals surface area contributed by atoms with E-state index >= 15 is 0 Å². The Bertz CT molecular complexity index is 369. The van der Waals surface area contributed by atoms with Gasteiger partial charge in [-0.2, -0.15) is 0 Å². The van der Waals surface area contributed by atoms with Crippen LogP contribution >= 0.6 is 0 Å². The van der Waals surface area contributed by atoms with Gasteiger partial charge >= 0.3 is 0 Å². The van der Waals surface area contributed by atoms with Crippen LogP contribution in [-0.2, 0) is 6.54 Å². The van der Waals surface area contributed by atoms with Gasteiger partial charge in [0, 0.05) is 31.4 Å². The molecule has 1 aliphatic heterocycles. The maximum absolute atomic E-state index is 3.52. The molecule has 1 aliphatic carbocycles. The number of benzene rings is 1. The van der Waals surface area contributed by atoms with E-state index in [1.807, 2.05) is 0 Å². The molecule has 0 amide bonds. The molecule has 0 unspecified atom stereocenters. The molecule has 1 aromatic carbocycles. The Morgan fingerprint density at radius 3 is 3.00 bits per heavy atom. The van der Waals surface area contributed by atoms with Crippen molar-refractivity contribution in [3.8, 4) is 0 Å². The predicted molar refractivity (Wildman–Crippen MR) is 63.3 cm³/mol.